The molecule has 1 aromatic carbocycles. The summed E-state index contributed by atoms with van der Waals surface area (Å²) in [6, 6.07) is 9.79. The van der Waals surface area contributed by atoms with Crippen molar-refractivity contribution in [1.29, 1.82) is 5.26 Å². The zero-order valence-electron chi connectivity index (χ0n) is 17.4. The maximum atomic E-state index is 13.7. The van der Waals surface area contributed by atoms with Crippen LogP contribution in [0.1, 0.15) is 40.0 Å². The average Bonchev–Trinajstić information content (AvgIpc) is 3.15. The third-order valence-corrected chi connectivity index (χ3v) is 7.21. The zero-order valence-corrected chi connectivity index (χ0v) is 18.2. The van der Waals surface area contributed by atoms with Gasteiger partial charge >= 0.3 is 6.09 Å². The number of halogens is 1. The minimum atomic E-state index is -1.04. The van der Waals surface area contributed by atoms with E-state index in [9.17, 15) is 14.7 Å². The van der Waals surface area contributed by atoms with Crippen LogP contribution in [0.25, 0.3) is 0 Å². The third-order valence-electron chi connectivity index (χ3n) is 7.04. The molecule has 2 heterocycles. The van der Waals surface area contributed by atoms with Crippen LogP contribution in [0.5, 0.6) is 0 Å². The highest BCUT2D eigenvalue weighted by molar-refractivity contribution is 6.28. The van der Waals surface area contributed by atoms with Gasteiger partial charge in [0.1, 0.15) is 11.5 Å². The molecular weight excluding hydrogens is 430 g/mol. The number of nitrogens with zero attached hydrogens (tertiary/aromatic N) is 5. The molecular formula is C23H22ClN5O3. The van der Waals surface area contributed by atoms with Gasteiger partial charge in [-0.05, 0) is 48.4 Å². The second-order valence-corrected chi connectivity index (χ2v) is 9.15. The fraction of sp³-hybridized carbons (Fsp3) is 0.435. The fourth-order valence-corrected chi connectivity index (χ4v) is 5.63. The Hall–Kier alpha value is -3.18. The highest BCUT2D eigenvalue weighted by Gasteiger charge is 2.48. The summed E-state index contributed by atoms with van der Waals surface area (Å²) >= 11 is 6.27. The summed E-state index contributed by atoms with van der Waals surface area (Å²) in [6.45, 7) is 0.995. The molecule has 1 aromatic heterocycles. The van der Waals surface area contributed by atoms with Crippen molar-refractivity contribution in [3.8, 4) is 6.07 Å². The number of rotatable bonds is 2. The molecule has 1 spiro atoms. The van der Waals surface area contributed by atoms with E-state index in [0.29, 0.717) is 50.3 Å². The number of anilines is 1. The molecule has 5 rings (SSSR count). The number of benzene rings is 1. The summed E-state index contributed by atoms with van der Waals surface area (Å²) in [4.78, 5) is 37.3. The fourth-order valence-electron chi connectivity index (χ4n) is 5.47. The monoisotopic (exact) mass is 451 g/mol. The van der Waals surface area contributed by atoms with Crippen molar-refractivity contribution in [2.45, 2.75) is 38.1 Å². The van der Waals surface area contributed by atoms with Crippen LogP contribution < -0.4 is 4.90 Å². The van der Waals surface area contributed by atoms with E-state index < -0.39 is 17.6 Å². The van der Waals surface area contributed by atoms with Gasteiger partial charge in [0.2, 0.25) is 5.28 Å². The van der Waals surface area contributed by atoms with Crippen molar-refractivity contribution in [3.63, 3.8) is 0 Å². The standard InChI is InChI=1S/C23H22ClN5O3/c24-21-26-18-17(5-7-23(19(18)30)11-14-3-1-2-4-15(14)12-23)20(27-21)28-9-10-29(22(31)32)16(13-28)6-8-25/h1-4,16H,5-7,9-13H2,(H,31,32)/t16-/m0/s1. The number of amides is 1. The summed E-state index contributed by atoms with van der Waals surface area (Å²) in [5, 5.41) is 18.6. The number of Topliss-reactive ketones (excluding diaryl/α,β-unsaturated/α-hetero) is 1. The molecule has 1 aliphatic heterocycles. The first kappa shape index (κ1) is 20.7. The first-order valence-corrected chi connectivity index (χ1v) is 11.1. The Morgan fingerprint density at radius 3 is 2.62 bits per heavy atom. The number of hydrogen-bond donors (Lipinski definition) is 1. The Labute approximate surface area is 190 Å². The third kappa shape index (κ3) is 3.28. The van der Waals surface area contributed by atoms with Crippen LogP contribution >= 0.6 is 11.6 Å². The summed E-state index contributed by atoms with van der Waals surface area (Å²) in [7, 11) is 0. The molecule has 1 atom stereocenters. The van der Waals surface area contributed by atoms with Crippen LogP contribution in [0.15, 0.2) is 24.3 Å². The average molecular weight is 452 g/mol. The number of nitriles is 1. The van der Waals surface area contributed by atoms with Gasteiger partial charge in [0, 0.05) is 30.6 Å². The zero-order chi connectivity index (χ0) is 22.5. The van der Waals surface area contributed by atoms with Crippen LogP contribution in [0.4, 0.5) is 10.6 Å². The SMILES string of the molecule is N#CC[C@H]1CN(c2nc(Cl)nc3c2CCC2(Cc4ccccc4C2)C3=O)CCN1C(=O)O. The van der Waals surface area contributed by atoms with Gasteiger partial charge in [-0.3, -0.25) is 4.79 Å². The first-order chi connectivity index (χ1) is 15.4. The van der Waals surface area contributed by atoms with E-state index in [2.05, 4.69) is 28.2 Å². The number of piperazine rings is 1. The second kappa shape index (κ2) is 7.75. The molecule has 0 bridgehead atoms. The normalized spacial score (nSPS) is 21.2. The maximum absolute atomic E-state index is 13.7. The summed E-state index contributed by atoms with van der Waals surface area (Å²) in [5.41, 5.74) is 3.11. The molecule has 32 heavy (non-hydrogen) atoms. The highest BCUT2D eigenvalue weighted by atomic mass is 35.5. The molecule has 2 aromatic rings. The molecule has 164 valence electrons. The maximum Gasteiger partial charge on any atom is 0.407 e. The topological polar surface area (TPSA) is 110 Å². The molecule has 1 N–H and O–H groups in total. The lowest BCUT2D eigenvalue weighted by Gasteiger charge is -2.41. The number of hydrogen-bond acceptors (Lipinski definition) is 6. The number of fused-ring (bicyclic) bond motifs is 2. The molecule has 0 saturated carbocycles. The van der Waals surface area contributed by atoms with Crippen molar-refractivity contribution in [2.75, 3.05) is 24.5 Å². The number of aromatic nitrogens is 2. The van der Waals surface area contributed by atoms with Crippen LogP contribution in [0.2, 0.25) is 5.28 Å². The highest BCUT2D eigenvalue weighted by Crippen LogP contribution is 2.47. The largest absolute Gasteiger partial charge is 0.465 e. The molecule has 1 amide bonds. The quantitative estimate of drug-likeness (QED) is 0.698. The Balaban J connectivity index is 1.48. The van der Waals surface area contributed by atoms with Crippen LogP contribution in [0, 0.1) is 16.7 Å². The van der Waals surface area contributed by atoms with E-state index in [1.165, 1.54) is 16.0 Å². The molecule has 1 saturated heterocycles. The van der Waals surface area contributed by atoms with Gasteiger partial charge in [0.05, 0.1) is 18.5 Å². The van der Waals surface area contributed by atoms with Crippen molar-refractivity contribution in [3.05, 3.63) is 51.9 Å². The lowest BCUT2D eigenvalue weighted by atomic mass is 9.70. The molecule has 9 heteroatoms. The molecule has 2 aliphatic carbocycles. The predicted octanol–water partition coefficient (Wildman–Crippen LogP) is 3.13. The van der Waals surface area contributed by atoms with Crippen molar-refractivity contribution in [1.82, 2.24) is 14.9 Å². The Morgan fingerprint density at radius 2 is 1.97 bits per heavy atom. The van der Waals surface area contributed by atoms with Crippen molar-refractivity contribution < 1.29 is 14.7 Å². The van der Waals surface area contributed by atoms with E-state index in [-0.39, 0.29) is 24.0 Å². The van der Waals surface area contributed by atoms with Gasteiger partial charge in [0.15, 0.2) is 5.78 Å². The van der Waals surface area contributed by atoms with Crippen LogP contribution in [0.3, 0.4) is 0 Å². The minimum Gasteiger partial charge on any atom is -0.465 e. The van der Waals surface area contributed by atoms with E-state index in [4.69, 9.17) is 16.9 Å². The molecule has 1 fully saturated rings. The number of carbonyl (C=O) groups excluding carboxylic acids is 1. The van der Waals surface area contributed by atoms with Gasteiger partial charge < -0.3 is 14.9 Å². The molecule has 3 aliphatic rings. The van der Waals surface area contributed by atoms with Gasteiger partial charge in [-0.25, -0.2) is 14.8 Å². The minimum absolute atomic E-state index is 0.0113. The van der Waals surface area contributed by atoms with Gasteiger partial charge in [-0.15, -0.1) is 0 Å². The Bertz CT molecular complexity index is 1140. The predicted molar refractivity (Wildman–Crippen MR) is 117 cm³/mol. The number of ketones is 1. The Morgan fingerprint density at radius 1 is 1.25 bits per heavy atom. The summed E-state index contributed by atoms with van der Waals surface area (Å²) in [6.07, 6.45) is 1.83. The number of carboxylic acid groups (broad SMARTS) is 1. The lowest BCUT2D eigenvalue weighted by Crippen LogP contribution is -2.55. The van der Waals surface area contributed by atoms with E-state index in [0.717, 1.165) is 5.56 Å². The van der Waals surface area contributed by atoms with E-state index in [1.54, 1.807) is 0 Å². The number of carbonyl (C=O) groups is 2. The van der Waals surface area contributed by atoms with E-state index in [1.807, 2.05) is 17.0 Å². The smallest absolute Gasteiger partial charge is 0.407 e. The summed E-state index contributed by atoms with van der Waals surface area (Å²) < 4.78 is 0. The molecule has 0 radical (unpaired) electrons. The summed E-state index contributed by atoms with van der Waals surface area (Å²) in [5.74, 6) is 0.602. The van der Waals surface area contributed by atoms with Crippen molar-refractivity contribution in [2.24, 2.45) is 5.41 Å². The van der Waals surface area contributed by atoms with Gasteiger partial charge in [0.25, 0.3) is 0 Å². The van der Waals surface area contributed by atoms with E-state index >= 15 is 0 Å². The molecule has 8 nitrogen and oxygen atoms in total. The van der Waals surface area contributed by atoms with Crippen LogP contribution in [-0.2, 0) is 19.3 Å². The molecule has 0 unspecified atom stereocenters. The van der Waals surface area contributed by atoms with Gasteiger partial charge in [-0.2, -0.15) is 5.26 Å². The van der Waals surface area contributed by atoms with Gasteiger partial charge in [-0.1, -0.05) is 24.3 Å². The first-order valence-electron chi connectivity index (χ1n) is 10.7. The Kier molecular flexibility index (Phi) is 5.01. The van der Waals surface area contributed by atoms with Crippen LogP contribution in [-0.4, -0.2) is 57.5 Å². The lowest BCUT2D eigenvalue weighted by molar-refractivity contribution is 0.0764. The second-order valence-electron chi connectivity index (χ2n) is 8.81. The van der Waals surface area contributed by atoms with Crippen molar-refractivity contribution >= 4 is 29.3 Å².